The van der Waals surface area contributed by atoms with Crippen molar-refractivity contribution in [1.82, 2.24) is 24.4 Å². The first kappa shape index (κ1) is 22.4. The van der Waals surface area contributed by atoms with Crippen LogP contribution in [0.25, 0.3) is 10.8 Å². The van der Waals surface area contributed by atoms with E-state index in [0.717, 1.165) is 66.8 Å². The second-order valence-electron chi connectivity index (χ2n) is 9.08. The van der Waals surface area contributed by atoms with Gasteiger partial charge in [-0.1, -0.05) is 27.7 Å². The normalized spacial score (nSPS) is 22.7. The largest absolute Gasteiger partial charge is 0.304 e. The molecule has 3 aliphatic rings. The topological polar surface area (TPSA) is 53.7 Å². The second kappa shape index (κ2) is 9.47. The van der Waals surface area contributed by atoms with Gasteiger partial charge in [0.05, 0.1) is 41.3 Å². The van der Waals surface area contributed by atoms with E-state index in [0.29, 0.717) is 20.9 Å². The average molecular weight is 468 g/mol. The Kier molecular flexibility index (Phi) is 6.44. The van der Waals surface area contributed by atoms with Crippen LogP contribution in [0.3, 0.4) is 0 Å². The molecule has 1 fully saturated rings. The van der Waals surface area contributed by atoms with Crippen LogP contribution in [0, 0.1) is 12.8 Å². The number of aryl methyl sites for hydroxylation is 2. The van der Waals surface area contributed by atoms with Crippen molar-refractivity contribution in [1.29, 1.82) is 0 Å². The summed E-state index contributed by atoms with van der Waals surface area (Å²) < 4.78 is 14.4. The van der Waals surface area contributed by atoms with Gasteiger partial charge in [-0.05, 0) is 63.3 Å². The summed E-state index contributed by atoms with van der Waals surface area (Å²) in [5.74, 6) is 0.547. The van der Waals surface area contributed by atoms with Crippen LogP contribution in [-0.4, -0.2) is 62.4 Å². The lowest BCUT2D eigenvalue weighted by Gasteiger charge is -2.37. The number of nitrogens with zero attached hydrogens (tertiary/aromatic N) is 5. The number of hydrogen-bond acceptors (Lipinski definition) is 4. The smallest absolute Gasteiger partial charge is 0.252 e. The van der Waals surface area contributed by atoms with Crippen LogP contribution < -0.4 is 0 Å². The zero-order valence-corrected chi connectivity index (χ0v) is 20.3. The Labute approximate surface area is 196 Å². The van der Waals surface area contributed by atoms with E-state index in [2.05, 4.69) is 41.2 Å². The fraction of sp³-hybridized carbons (Fsp3) is 0.480. The Morgan fingerprint density at radius 3 is 2.85 bits per heavy atom. The molecular formula is C25H31FN5OP. The molecule has 8 heteroatoms. The summed E-state index contributed by atoms with van der Waals surface area (Å²) in [6, 6.07) is 2.07. The molecule has 2 aromatic heterocycles. The van der Waals surface area contributed by atoms with Gasteiger partial charge >= 0.3 is 0 Å². The highest BCUT2D eigenvalue weighted by Crippen LogP contribution is 2.45. The number of halogens is 1. The summed E-state index contributed by atoms with van der Waals surface area (Å²) in [5, 5.41) is 5.78. The summed E-state index contributed by atoms with van der Waals surface area (Å²) in [4.78, 5) is 22.0. The lowest BCUT2D eigenvalue weighted by atomic mass is 9.88. The van der Waals surface area contributed by atoms with Crippen LogP contribution in [-0.2, 0) is 11.2 Å². The first-order valence-corrected chi connectivity index (χ1v) is 13.0. The maximum atomic E-state index is 13.1. The zero-order valence-electron chi connectivity index (χ0n) is 19.3. The van der Waals surface area contributed by atoms with E-state index in [1.807, 2.05) is 22.5 Å². The number of rotatable bonds is 6. The maximum Gasteiger partial charge on any atom is 0.252 e. The quantitative estimate of drug-likeness (QED) is 0.594. The van der Waals surface area contributed by atoms with Crippen LogP contribution in [0.15, 0.2) is 42.3 Å². The molecule has 0 spiro atoms. The number of alkyl halides is 1. The molecule has 33 heavy (non-hydrogen) atoms. The fourth-order valence-corrected chi connectivity index (χ4v) is 6.36. The summed E-state index contributed by atoms with van der Waals surface area (Å²) in [5.41, 5.74) is 5.10. The van der Waals surface area contributed by atoms with Crippen molar-refractivity contribution < 1.29 is 9.18 Å². The molecule has 0 aliphatic carbocycles. The van der Waals surface area contributed by atoms with Crippen LogP contribution in [0.4, 0.5) is 4.39 Å². The summed E-state index contributed by atoms with van der Waals surface area (Å²) in [6.07, 6.45) is 13.8. The van der Waals surface area contributed by atoms with Gasteiger partial charge in [-0.3, -0.25) is 14.2 Å². The average Bonchev–Trinajstić information content (AvgIpc) is 3.26. The van der Waals surface area contributed by atoms with Gasteiger partial charge in [0.1, 0.15) is 0 Å². The highest BCUT2D eigenvalue weighted by Gasteiger charge is 2.31. The number of carbonyl (C=O) groups excluding carboxylic acids is 1. The van der Waals surface area contributed by atoms with E-state index in [1.165, 1.54) is 5.57 Å². The van der Waals surface area contributed by atoms with Gasteiger partial charge in [-0.15, -0.1) is 0 Å². The van der Waals surface area contributed by atoms with Crippen molar-refractivity contribution in [3.05, 3.63) is 59.3 Å². The second-order valence-corrected chi connectivity index (χ2v) is 10.5. The van der Waals surface area contributed by atoms with Crippen molar-refractivity contribution >= 4 is 25.3 Å². The van der Waals surface area contributed by atoms with E-state index < -0.39 is 0 Å². The molecule has 6 nitrogen and oxygen atoms in total. The van der Waals surface area contributed by atoms with Gasteiger partial charge in [0.2, 0.25) is 0 Å². The predicted molar refractivity (Wildman–Crippen MR) is 131 cm³/mol. The monoisotopic (exact) mass is 467 g/mol. The number of hydrogen-bond donors (Lipinski definition) is 0. The molecule has 0 radical (unpaired) electrons. The minimum atomic E-state index is -0.242. The molecule has 0 saturated carbocycles. The molecule has 0 N–H and O–H groups in total. The number of amides is 1. The Morgan fingerprint density at radius 2 is 2.09 bits per heavy atom. The number of allylic oxidation sites excluding steroid dienone is 2. The number of carbonyl (C=O) groups is 1. The minimum Gasteiger partial charge on any atom is -0.304 e. The fourth-order valence-electron chi connectivity index (χ4n) is 5.04. The summed E-state index contributed by atoms with van der Waals surface area (Å²) >= 11 is 0. The molecule has 3 aliphatic heterocycles. The molecule has 2 atom stereocenters. The third-order valence-electron chi connectivity index (χ3n) is 6.81. The molecule has 2 unspecified atom stereocenters. The van der Waals surface area contributed by atoms with Crippen LogP contribution in [0.1, 0.15) is 43.3 Å². The number of aromatic nitrogens is 3. The van der Waals surface area contributed by atoms with Crippen LogP contribution in [0.5, 0.6) is 0 Å². The molecule has 174 valence electrons. The van der Waals surface area contributed by atoms with Gasteiger partial charge in [0.15, 0.2) is 0 Å². The minimum absolute atomic E-state index is 0.0260. The molecule has 2 aromatic rings. The highest BCUT2D eigenvalue weighted by atomic mass is 31.1. The Morgan fingerprint density at radius 1 is 1.27 bits per heavy atom. The van der Waals surface area contributed by atoms with Crippen molar-refractivity contribution in [2.45, 2.75) is 45.3 Å². The summed E-state index contributed by atoms with van der Waals surface area (Å²) in [6.45, 7) is 6.68. The lowest BCUT2D eigenvalue weighted by Crippen LogP contribution is -2.38. The maximum absolute atomic E-state index is 13.1. The Bertz CT molecular complexity index is 1150. The van der Waals surface area contributed by atoms with E-state index >= 15 is 0 Å². The van der Waals surface area contributed by atoms with Crippen molar-refractivity contribution in [2.75, 3.05) is 26.3 Å². The zero-order chi connectivity index (χ0) is 22.9. The van der Waals surface area contributed by atoms with Gasteiger partial charge in [-0.25, -0.2) is 4.52 Å². The van der Waals surface area contributed by atoms with Gasteiger partial charge in [0.25, 0.3) is 5.91 Å². The first-order chi connectivity index (χ1) is 16.1. The van der Waals surface area contributed by atoms with E-state index in [4.69, 9.17) is 5.10 Å². The van der Waals surface area contributed by atoms with Crippen molar-refractivity contribution in [2.24, 2.45) is 5.92 Å². The molecule has 5 heterocycles. The molecule has 5 rings (SSSR count). The van der Waals surface area contributed by atoms with Gasteiger partial charge < -0.3 is 9.80 Å². The number of fused-ring (bicyclic) bond motifs is 2. The SMILES string of the molecule is CCc1nc(C)cn2nc(C3=CC(=O)N4C=C(C5CCN(CCCF)CC5)C=CC4P3)cc12. The standard InChI is InChI=1S/C25H31FN5OP/c1-3-20-22-13-21(28-31(22)15-17(2)27-20)23-14-24(32)30-16-19(5-6-25(30)33-23)18-7-11-29(12-8-18)10-4-9-26/h5-6,13-16,18,25,33H,3-4,7-12H2,1-2H3. The first-order valence-electron chi connectivity index (χ1n) is 11.9. The third-order valence-corrected chi connectivity index (χ3v) is 8.29. The molecule has 0 bridgehead atoms. The summed E-state index contributed by atoms with van der Waals surface area (Å²) in [7, 11) is 0.454. The lowest BCUT2D eigenvalue weighted by molar-refractivity contribution is -0.123. The van der Waals surface area contributed by atoms with Gasteiger partial charge in [-0.2, -0.15) is 5.10 Å². The van der Waals surface area contributed by atoms with Crippen LogP contribution >= 0.6 is 8.58 Å². The van der Waals surface area contributed by atoms with E-state index in [-0.39, 0.29) is 18.4 Å². The molecular weight excluding hydrogens is 436 g/mol. The van der Waals surface area contributed by atoms with Gasteiger partial charge in [0, 0.05) is 24.1 Å². The highest BCUT2D eigenvalue weighted by molar-refractivity contribution is 7.51. The van der Waals surface area contributed by atoms with E-state index in [9.17, 15) is 9.18 Å². The Balaban J connectivity index is 1.32. The van der Waals surface area contributed by atoms with Crippen molar-refractivity contribution in [3.8, 4) is 0 Å². The molecule has 1 saturated heterocycles. The molecule has 0 aromatic carbocycles. The third kappa shape index (κ3) is 4.53. The van der Waals surface area contributed by atoms with Crippen molar-refractivity contribution in [3.63, 3.8) is 0 Å². The number of piperidine rings is 1. The predicted octanol–water partition coefficient (Wildman–Crippen LogP) is 4.31. The van der Waals surface area contributed by atoms with Crippen LogP contribution in [0.2, 0.25) is 0 Å². The Hall–Kier alpha value is -2.37. The molecule has 1 amide bonds. The van der Waals surface area contributed by atoms with E-state index in [1.54, 1.807) is 6.08 Å². The number of likely N-dealkylation sites (tertiary alicyclic amines) is 1.